The average Bonchev–Trinajstić information content (AvgIpc) is 1.51. The van der Waals surface area contributed by atoms with Crippen LogP contribution in [-0.4, -0.2) is 29.9 Å². The number of fused-ring (bicyclic) bond motifs is 19. The molecule has 8 heterocycles. The highest BCUT2D eigenvalue weighted by molar-refractivity contribution is 7.27. The summed E-state index contributed by atoms with van der Waals surface area (Å²) in [5.74, 6) is 3.59. The number of thiophene rings is 4. The van der Waals surface area contributed by atoms with E-state index in [0.717, 1.165) is 142 Å². The predicted molar refractivity (Wildman–Crippen MR) is 497 cm³/mol. The maximum Gasteiger partial charge on any atom is 0.165 e. The lowest BCUT2D eigenvalue weighted by Crippen LogP contribution is -2.00. The van der Waals surface area contributed by atoms with Gasteiger partial charge >= 0.3 is 0 Å². The van der Waals surface area contributed by atoms with E-state index in [4.69, 9.17) is 38.7 Å². The fourth-order valence-electron chi connectivity index (χ4n) is 17.8. The Labute approximate surface area is 689 Å². The van der Waals surface area contributed by atoms with E-state index in [1.54, 1.807) is 22.7 Å². The highest BCUT2D eigenvalue weighted by Crippen LogP contribution is 2.50. The van der Waals surface area contributed by atoms with Gasteiger partial charge in [-0.2, -0.15) is 0 Å². The summed E-state index contributed by atoms with van der Waals surface area (Å²) < 4.78 is 23.3. The van der Waals surface area contributed by atoms with Crippen LogP contribution in [0.5, 0.6) is 0 Å². The summed E-state index contributed by atoms with van der Waals surface area (Å²) in [6.07, 6.45) is 0. The van der Waals surface area contributed by atoms with Crippen LogP contribution in [0, 0.1) is 0 Å². The van der Waals surface area contributed by atoms with Crippen LogP contribution in [0.25, 0.3) is 259 Å². The largest absolute Gasteiger partial charge is 0.456 e. The van der Waals surface area contributed by atoms with Crippen molar-refractivity contribution in [3.8, 4) is 124 Å². The Morgan fingerprint density at radius 3 is 1.32 bits per heavy atom. The van der Waals surface area contributed by atoms with Crippen LogP contribution >= 0.6 is 45.3 Å². The molecule has 0 unspecified atom stereocenters. The first-order valence-corrected chi connectivity index (χ1v) is 42.6. The third-order valence-corrected chi connectivity index (χ3v) is 28.2. The smallest absolute Gasteiger partial charge is 0.165 e. The number of benzene rings is 17. The quantitative estimate of drug-likeness (QED) is 0.126. The number of nitrogens with zero attached hydrogens (tertiary/aromatic N) is 6. The minimum absolute atomic E-state index is 0.582. The van der Waals surface area contributed by atoms with E-state index in [2.05, 4.69) is 309 Å². The second-order valence-electron chi connectivity index (χ2n) is 30.2. The SMILES string of the molecule is c1ccc(-c2nc(-c3ccc(-c4cccc5oc6cc(-c7ccc8sc9ccccc9c8c7)ccc6c45)cc3)nc(-c3ccc4c(c3)sc3c(-c5ccc6sc7c(-c8nc(-c9ccccc9)nc(-c9cc(-c%10cc(-c%11cccc%12c%11sc%11ccccc%11%12)cc%11oc%12ccccc%12c%10%11)c%10ccccc%10c9)n8)cccc7c6c5)cccc34)n2)cc1. The Morgan fingerprint density at radius 2 is 0.585 bits per heavy atom. The van der Waals surface area contributed by atoms with Crippen molar-refractivity contribution in [1.29, 1.82) is 0 Å². The zero-order valence-electron chi connectivity index (χ0n) is 62.6. The second-order valence-corrected chi connectivity index (χ2v) is 34.5. The highest BCUT2D eigenvalue weighted by Gasteiger charge is 2.25. The van der Waals surface area contributed by atoms with Gasteiger partial charge in [-0.05, 0) is 163 Å². The van der Waals surface area contributed by atoms with Crippen molar-refractivity contribution in [1.82, 2.24) is 29.9 Å². The molecule has 0 atom stereocenters. The number of para-hydroxylation sites is 1. The molecule has 0 N–H and O–H groups in total. The molecule has 0 saturated carbocycles. The molecule has 118 heavy (non-hydrogen) atoms. The van der Waals surface area contributed by atoms with E-state index in [1.807, 2.05) is 65.1 Å². The van der Waals surface area contributed by atoms with E-state index in [1.165, 1.54) is 82.6 Å². The Balaban J connectivity index is 0.562. The molecule has 0 saturated heterocycles. The Kier molecular flexibility index (Phi) is 15.0. The minimum atomic E-state index is 0.582. The van der Waals surface area contributed by atoms with Crippen molar-refractivity contribution in [2.24, 2.45) is 0 Å². The zero-order valence-corrected chi connectivity index (χ0v) is 65.9. The van der Waals surface area contributed by atoms with Gasteiger partial charge in [-0.1, -0.05) is 255 Å². The summed E-state index contributed by atoms with van der Waals surface area (Å²) in [5.41, 5.74) is 20.0. The number of hydrogen-bond donors (Lipinski definition) is 0. The summed E-state index contributed by atoms with van der Waals surface area (Å²) >= 11 is 7.26. The number of rotatable bonds is 11. The van der Waals surface area contributed by atoms with Gasteiger partial charge in [-0.3, -0.25) is 0 Å². The molecule has 0 amide bonds. The lowest BCUT2D eigenvalue weighted by Gasteiger charge is -2.15. The number of aromatic nitrogens is 6. The Morgan fingerprint density at radius 1 is 0.169 bits per heavy atom. The van der Waals surface area contributed by atoms with Crippen molar-refractivity contribution in [3.05, 3.63) is 352 Å². The third-order valence-electron chi connectivity index (χ3n) is 23.4. The van der Waals surface area contributed by atoms with Crippen molar-refractivity contribution in [2.75, 3.05) is 0 Å². The van der Waals surface area contributed by atoms with E-state index in [9.17, 15) is 0 Å². The molecule has 0 radical (unpaired) electrons. The molecule has 0 aliphatic rings. The Hall–Kier alpha value is -14.5. The van der Waals surface area contributed by atoms with Crippen molar-refractivity contribution in [3.63, 3.8) is 0 Å². The summed E-state index contributed by atoms with van der Waals surface area (Å²) in [6.45, 7) is 0. The first-order valence-electron chi connectivity index (χ1n) is 39.3. The molecule has 25 rings (SSSR count). The molecule has 12 heteroatoms. The molecule has 8 nitrogen and oxygen atoms in total. The molecular weight excluding hydrogens is 1520 g/mol. The topological polar surface area (TPSA) is 104 Å². The van der Waals surface area contributed by atoms with Crippen molar-refractivity contribution in [2.45, 2.75) is 0 Å². The fourth-order valence-corrected chi connectivity index (χ4v) is 22.6. The standard InChI is InChI=1S/C106H58N6O2S4/c1-3-19-60(20-4-1)101-107-103(62-41-39-59(40-42-62)71-28-18-36-88-96(71)81-48-43-64(56-89(81)114-88)63-45-49-93-84(52-63)75-26-11-13-37-91(75)115-93)109-104(108-101)67-44-47-76-78-32-15-29-72(98(78)118-95(76)58-67)66-46-50-94-85(53-66)79-33-17-34-82(100(79)117-94)106-111-102(61-21-5-2-6-22-61)110-105(112-106)69-51-65-23-7-8-24-70(65)83(55-69)86-54-68(57-90-97(86)80-27-9-12-35-87(80)113-90)73-30-16-31-77-74-25-10-14-38-92(74)116-99(73)77/h1-58H. The second kappa shape index (κ2) is 26.5. The van der Waals surface area contributed by atoms with Gasteiger partial charge in [0.05, 0.1) is 0 Å². The normalized spacial score (nSPS) is 12.1. The van der Waals surface area contributed by atoms with Crippen molar-refractivity contribution < 1.29 is 8.83 Å². The molecule has 0 aliphatic heterocycles. The minimum Gasteiger partial charge on any atom is -0.456 e. The Bertz CT molecular complexity index is 8530. The molecule has 0 aliphatic carbocycles. The summed E-state index contributed by atoms with van der Waals surface area (Å²) in [6, 6.07) is 126. The molecule has 8 aromatic heterocycles. The average molecular weight is 1580 g/mol. The highest BCUT2D eigenvalue weighted by atomic mass is 32.1. The summed E-state index contributed by atoms with van der Waals surface area (Å²) in [7, 11) is 0. The molecule has 0 fully saturated rings. The zero-order chi connectivity index (χ0) is 77.2. The number of hydrogen-bond acceptors (Lipinski definition) is 12. The van der Waals surface area contributed by atoms with Gasteiger partial charge in [0.15, 0.2) is 34.9 Å². The maximum atomic E-state index is 6.86. The monoisotopic (exact) mass is 1570 g/mol. The van der Waals surface area contributed by atoms with E-state index < -0.39 is 0 Å². The van der Waals surface area contributed by atoms with E-state index in [0.29, 0.717) is 34.9 Å². The van der Waals surface area contributed by atoms with Crippen LogP contribution in [0.15, 0.2) is 361 Å². The molecule has 0 spiro atoms. The lowest BCUT2D eigenvalue weighted by molar-refractivity contribution is 0.669. The maximum absolute atomic E-state index is 6.86. The van der Waals surface area contributed by atoms with Crippen molar-refractivity contribution >= 4 is 181 Å². The van der Waals surface area contributed by atoms with E-state index in [-0.39, 0.29) is 0 Å². The van der Waals surface area contributed by atoms with Gasteiger partial charge in [0.25, 0.3) is 0 Å². The molecular formula is C106H58N6O2S4. The van der Waals surface area contributed by atoms with Gasteiger partial charge in [0.1, 0.15) is 22.3 Å². The van der Waals surface area contributed by atoms with Crippen LogP contribution in [0.2, 0.25) is 0 Å². The van der Waals surface area contributed by atoms with Crippen LogP contribution < -0.4 is 0 Å². The number of furan rings is 2. The third kappa shape index (κ3) is 10.8. The predicted octanol–water partition coefficient (Wildman–Crippen LogP) is 30.8. The van der Waals surface area contributed by atoms with E-state index >= 15 is 0 Å². The lowest BCUT2D eigenvalue weighted by atomic mass is 9.90. The first kappa shape index (κ1) is 66.9. The van der Waals surface area contributed by atoms with Crippen LogP contribution in [0.3, 0.4) is 0 Å². The van der Waals surface area contributed by atoms with Gasteiger partial charge in [-0.15, -0.1) is 45.3 Å². The molecule has 0 bridgehead atoms. The first-order chi connectivity index (χ1) is 58.4. The van der Waals surface area contributed by atoms with Crippen LogP contribution in [0.1, 0.15) is 0 Å². The van der Waals surface area contributed by atoms with Gasteiger partial charge < -0.3 is 8.83 Å². The van der Waals surface area contributed by atoms with Crippen LogP contribution in [-0.2, 0) is 0 Å². The molecule has 17 aromatic carbocycles. The molecule has 548 valence electrons. The summed E-state index contributed by atoms with van der Waals surface area (Å²) in [5, 5.41) is 16.2. The van der Waals surface area contributed by atoms with Gasteiger partial charge in [-0.25, -0.2) is 29.9 Å². The fraction of sp³-hybridized carbons (Fsp3) is 0. The van der Waals surface area contributed by atoms with Gasteiger partial charge in [0, 0.05) is 136 Å². The van der Waals surface area contributed by atoms with Gasteiger partial charge in [0.2, 0.25) is 0 Å². The molecule has 25 aromatic rings. The summed E-state index contributed by atoms with van der Waals surface area (Å²) in [4.78, 5) is 32.1. The van der Waals surface area contributed by atoms with Crippen LogP contribution in [0.4, 0.5) is 0 Å².